The van der Waals surface area contributed by atoms with Gasteiger partial charge in [0, 0.05) is 50.2 Å². The summed E-state index contributed by atoms with van der Waals surface area (Å²) >= 11 is 12.7. The van der Waals surface area contributed by atoms with E-state index in [4.69, 9.17) is 34.7 Å². The first kappa shape index (κ1) is 31.0. The fourth-order valence-electron chi connectivity index (χ4n) is 5.94. The van der Waals surface area contributed by atoms with E-state index in [1.54, 1.807) is 6.07 Å². The molecule has 2 aromatic rings. The fourth-order valence-corrected chi connectivity index (χ4v) is 6.36. The molecular formula is C28H38Cl2N8O3. The van der Waals surface area contributed by atoms with Gasteiger partial charge in [-0.1, -0.05) is 36.2 Å². The molecule has 2 aliphatic heterocycles. The third-order valence-corrected chi connectivity index (χ3v) is 8.48. The van der Waals surface area contributed by atoms with Crippen LogP contribution in [0.1, 0.15) is 67.7 Å². The smallest absolute Gasteiger partial charge is 0.271 e. The highest BCUT2D eigenvalue weighted by Gasteiger charge is 2.35. The van der Waals surface area contributed by atoms with Crippen LogP contribution in [0, 0.1) is 0 Å². The molecule has 2 fully saturated rings. The Morgan fingerprint density at radius 2 is 1.80 bits per heavy atom. The van der Waals surface area contributed by atoms with Gasteiger partial charge in [-0.05, 0) is 62.5 Å². The van der Waals surface area contributed by atoms with Crippen LogP contribution in [0.4, 0.5) is 11.6 Å². The Bertz CT molecular complexity index is 1300. The van der Waals surface area contributed by atoms with Crippen molar-refractivity contribution in [3.05, 3.63) is 45.2 Å². The van der Waals surface area contributed by atoms with Crippen LogP contribution in [0.5, 0.6) is 0 Å². The van der Waals surface area contributed by atoms with Gasteiger partial charge in [-0.25, -0.2) is 9.97 Å². The number of nitrogens with two attached hydrogens (primary N) is 2. The predicted octanol–water partition coefficient (Wildman–Crippen LogP) is 2.80. The number of ketones is 1. The Morgan fingerprint density at radius 1 is 1.10 bits per heavy atom. The highest BCUT2D eigenvalue weighted by molar-refractivity contribution is 6.32. The van der Waals surface area contributed by atoms with Crippen LogP contribution in [0.3, 0.4) is 0 Å². The van der Waals surface area contributed by atoms with E-state index >= 15 is 0 Å². The van der Waals surface area contributed by atoms with Gasteiger partial charge >= 0.3 is 0 Å². The molecule has 2 atom stereocenters. The molecule has 222 valence electrons. The number of nitrogen functional groups attached to an aromatic ring is 1. The van der Waals surface area contributed by atoms with E-state index in [2.05, 4.69) is 36.9 Å². The molecule has 1 aromatic carbocycles. The molecule has 0 saturated carbocycles. The summed E-state index contributed by atoms with van der Waals surface area (Å²) in [5, 5.41) is 3.42. The Morgan fingerprint density at radius 3 is 2.41 bits per heavy atom. The second kappa shape index (κ2) is 13.3. The minimum Gasteiger partial charge on any atom is -0.382 e. The monoisotopic (exact) mass is 604 g/mol. The van der Waals surface area contributed by atoms with Gasteiger partial charge in [0.05, 0.1) is 0 Å². The summed E-state index contributed by atoms with van der Waals surface area (Å²) in [5.74, 6) is -0.696. The Hall–Kier alpha value is -2.99. The molecule has 1 aromatic heterocycles. The number of halogens is 2. The molecule has 1 unspecified atom stereocenters. The average Bonchev–Trinajstić information content (AvgIpc) is 2.93. The lowest BCUT2D eigenvalue weighted by molar-refractivity contribution is -0.125. The largest absolute Gasteiger partial charge is 0.382 e. The third kappa shape index (κ3) is 7.27. The van der Waals surface area contributed by atoms with Gasteiger partial charge in [0.25, 0.3) is 5.91 Å². The predicted molar refractivity (Wildman–Crippen MR) is 160 cm³/mol. The van der Waals surface area contributed by atoms with Crippen LogP contribution in [0.25, 0.3) is 0 Å². The number of Topliss-reactive ketones (excluding diaryl/α,β-unsaturated/α-hetero) is 1. The van der Waals surface area contributed by atoms with Crippen molar-refractivity contribution >= 4 is 52.4 Å². The number of amides is 2. The normalized spacial score (nSPS) is 19.6. The highest BCUT2D eigenvalue weighted by atomic mass is 35.5. The molecule has 2 aliphatic rings. The summed E-state index contributed by atoms with van der Waals surface area (Å²) in [4.78, 5) is 51.2. The number of anilines is 2. The summed E-state index contributed by atoms with van der Waals surface area (Å²) in [5.41, 5.74) is 12.9. The van der Waals surface area contributed by atoms with Crippen LogP contribution in [0.15, 0.2) is 18.2 Å². The summed E-state index contributed by atoms with van der Waals surface area (Å²) in [6, 6.07) is 5.58. The summed E-state index contributed by atoms with van der Waals surface area (Å²) in [6.45, 7) is 9.85. The number of nitrogens with zero attached hydrogens (tertiary/aromatic N) is 5. The molecule has 2 amide bonds. The second-order valence-electron chi connectivity index (χ2n) is 10.8. The zero-order chi connectivity index (χ0) is 29.8. The minimum absolute atomic E-state index is 0.0182. The molecular weight excluding hydrogens is 567 g/mol. The summed E-state index contributed by atoms with van der Waals surface area (Å²) in [7, 11) is 0. The molecule has 11 nitrogen and oxygen atoms in total. The first-order valence-corrected chi connectivity index (χ1v) is 14.7. The van der Waals surface area contributed by atoms with Crippen molar-refractivity contribution in [2.24, 2.45) is 5.73 Å². The number of hydrogen-bond donors (Lipinski definition) is 3. The first-order chi connectivity index (χ1) is 19.5. The van der Waals surface area contributed by atoms with Gasteiger partial charge in [-0.15, -0.1) is 0 Å². The summed E-state index contributed by atoms with van der Waals surface area (Å²) in [6.07, 6.45) is 2.99. The Kier molecular flexibility index (Phi) is 10.1. The maximum absolute atomic E-state index is 12.4. The van der Waals surface area contributed by atoms with Gasteiger partial charge in [0.1, 0.15) is 6.04 Å². The Labute approximate surface area is 250 Å². The van der Waals surface area contributed by atoms with Gasteiger partial charge < -0.3 is 21.7 Å². The number of carbonyl (C=O) groups excluding carboxylic acids is 3. The summed E-state index contributed by atoms with van der Waals surface area (Å²) < 4.78 is 0. The van der Waals surface area contributed by atoms with E-state index in [-0.39, 0.29) is 28.4 Å². The molecule has 0 radical (unpaired) electrons. The Balaban J connectivity index is 1.40. The van der Waals surface area contributed by atoms with E-state index in [9.17, 15) is 14.4 Å². The molecule has 41 heavy (non-hydrogen) atoms. The standard InChI is InChI=1S/C28H38Cl2N8O3/c1-4-20-15-37(28-25(30)34-24(27(32)41)26(31)35-28)11-12-38(20)21-7-9-36(10-8-21)14-18-5-6-19(29)13-22(18)23(16(2)39)33-17(3)40/h5-6,13,20-21,23H,4,7-12,14-15H2,1-3H3,(H2,31,35)(H2,32,41)(H,33,40)/t20-,23?/m0/s1. The molecule has 3 heterocycles. The van der Waals surface area contributed by atoms with E-state index in [0.29, 0.717) is 36.0 Å². The number of primary amides is 1. The van der Waals surface area contributed by atoms with E-state index in [0.717, 1.165) is 56.6 Å². The van der Waals surface area contributed by atoms with E-state index in [1.165, 1.54) is 13.8 Å². The zero-order valence-electron chi connectivity index (χ0n) is 23.7. The molecule has 5 N–H and O–H groups in total. The van der Waals surface area contributed by atoms with Gasteiger partial charge in [-0.2, -0.15) is 0 Å². The molecule has 0 bridgehead atoms. The average molecular weight is 606 g/mol. The lowest BCUT2D eigenvalue weighted by atomic mass is 9.95. The van der Waals surface area contributed by atoms with Crippen molar-refractivity contribution in [2.75, 3.05) is 43.4 Å². The van der Waals surface area contributed by atoms with Crippen LogP contribution in [0.2, 0.25) is 10.2 Å². The van der Waals surface area contributed by atoms with Gasteiger partial charge in [0.2, 0.25) is 5.91 Å². The lowest BCUT2D eigenvalue weighted by Gasteiger charge is -2.47. The second-order valence-corrected chi connectivity index (χ2v) is 11.6. The van der Waals surface area contributed by atoms with E-state index in [1.807, 2.05) is 12.1 Å². The van der Waals surface area contributed by atoms with Crippen molar-refractivity contribution in [3.63, 3.8) is 0 Å². The van der Waals surface area contributed by atoms with Crippen molar-refractivity contribution < 1.29 is 14.4 Å². The van der Waals surface area contributed by atoms with Crippen LogP contribution >= 0.6 is 23.2 Å². The number of likely N-dealkylation sites (tertiary alicyclic amines) is 1. The number of hydrogen-bond acceptors (Lipinski definition) is 9. The van der Waals surface area contributed by atoms with E-state index < -0.39 is 11.9 Å². The van der Waals surface area contributed by atoms with Crippen molar-refractivity contribution in [1.82, 2.24) is 25.1 Å². The maximum atomic E-state index is 12.4. The van der Waals surface area contributed by atoms with Gasteiger partial charge in [-0.3, -0.25) is 24.2 Å². The van der Waals surface area contributed by atoms with Crippen LogP contribution < -0.4 is 21.7 Å². The van der Waals surface area contributed by atoms with Crippen LogP contribution in [-0.2, 0) is 16.1 Å². The zero-order valence-corrected chi connectivity index (χ0v) is 25.2. The minimum atomic E-state index is -0.760. The quantitative estimate of drug-likeness (QED) is 0.392. The first-order valence-electron chi connectivity index (χ1n) is 13.9. The molecule has 0 aliphatic carbocycles. The number of piperidine rings is 1. The molecule has 2 saturated heterocycles. The van der Waals surface area contributed by atoms with Crippen molar-refractivity contribution in [2.45, 2.75) is 64.7 Å². The lowest BCUT2D eigenvalue weighted by Crippen LogP contribution is -2.58. The fraction of sp³-hybridized carbons (Fsp3) is 0.536. The molecule has 0 spiro atoms. The number of carbonyl (C=O) groups is 3. The number of nitrogens with one attached hydrogen (secondary N) is 1. The highest BCUT2D eigenvalue weighted by Crippen LogP contribution is 2.31. The van der Waals surface area contributed by atoms with Crippen molar-refractivity contribution in [3.8, 4) is 0 Å². The van der Waals surface area contributed by atoms with Crippen molar-refractivity contribution in [1.29, 1.82) is 0 Å². The van der Waals surface area contributed by atoms with Crippen LogP contribution in [-0.4, -0.2) is 82.2 Å². The number of piperazine rings is 1. The SMILES string of the molecule is CC[C@H]1CN(c2nc(N)c(C(N)=O)nc2Cl)CCN1C1CCN(Cc2ccc(Cl)cc2C(NC(C)=O)C(C)=O)CC1. The topological polar surface area (TPSA) is 151 Å². The van der Waals surface area contributed by atoms with Gasteiger partial charge in [0.15, 0.2) is 28.3 Å². The number of rotatable bonds is 9. The molecule has 4 rings (SSSR count). The number of benzene rings is 1. The third-order valence-electron chi connectivity index (χ3n) is 7.99. The molecule has 13 heteroatoms. The number of aromatic nitrogens is 2. The maximum Gasteiger partial charge on any atom is 0.271 e.